The molecule has 5 heteroatoms. The largest absolute Gasteiger partial charge is 0.355 e. The minimum atomic E-state index is 0.117. The maximum absolute atomic E-state index is 12.1. The van der Waals surface area contributed by atoms with Crippen LogP contribution in [-0.4, -0.2) is 29.8 Å². The zero-order valence-corrected chi connectivity index (χ0v) is 11.7. The Bertz CT molecular complexity index is 493. The van der Waals surface area contributed by atoms with Crippen molar-refractivity contribution in [3.63, 3.8) is 0 Å². The third-order valence-corrected chi connectivity index (χ3v) is 4.77. The van der Waals surface area contributed by atoms with Crippen molar-refractivity contribution in [1.29, 1.82) is 0 Å². The summed E-state index contributed by atoms with van der Waals surface area (Å²) in [6, 6.07) is 2.11. The molecule has 19 heavy (non-hydrogen) atoms. The van der Waals surface area contributed by atoms with Crippen LogP contribution in [0.1, 0.15) is 29.7 Å². The summed E-state index contributed by atoms with van der Waals surface area (Å²) in [5.41, 5.74) is 1.28. The van der Waals surface area contributed by atoms with Crippen LogP contribution in [0.25, 0.3) is 0 Å². The Morgan fingerprint density at radius 2 is 2.26 bits per heavy atom. The van der Waals surface area contributed by atoms with Crippen LogP contribution in [0.3, 0.4) is 0 Å². The average Bonchev–Trinajstić information content (AvgIpc) is 3.16. The van der Waals surface area contributed by atoms with Crippen LogP contribution in [0.15, 0.2) is 11.4 Å². The molecule has 3 rings (SSSR count). The molecule has 1 fully saturated rings. The zero-order chi connectivity index (χ0) is 13.2. The van der Waals surface area contributed by atoms with E-state index in [0.717, 1.165) is 32.4 Å². The number of thiophene rings is 1. The minimum Gasteiger partial charge on any atom is -0.355 e. The van der Waals surface area contributed by atoms with Gasteiger partial charge in [-0.15, -0.1) is 11.3 Å². The van der Waals surface area contributed by atoms with E-state index in [4.69, 9.17) is 0 Å². The third kappa shape index (κ3) is 2.97. The molecule has 2 heterocycles. The Hall–Kier alpha value is -1.36. The van der Waals surface area contributed by atoms with E-state index in [-0.39, 0.29) is 17.7 Å². The van der Waals surface area contributed by atoms with Gasteiger partial charge in [0.15, 0.2) is 0 Å². The van der Waals surface area contributed by atoms with Gasteiger partial charge in [-0.05, 0) is 36.3 Å². The average molecular weight is 278 g/mol. The first-order chi connectivity index (χ1) is 9.24. The second kappa shape index (κ2) is 5.33. The Morgan fingerprint density at radius 1 is 1.42 bits per heavy atom. The summed E-state index contributed by atoms with van der Waals surface area (Å²) >= 11 is 1.78. The molecule has 0 radical (unpaired) electrons. The van der Waals surface area contributed by atoms with Crippen LogP contribution in [0.5, 0.6) is 0 Å². The number of nitrogens with zero attached hydrogens (tertiary/aromatic N) is 1. The highest BCUT2D eigenvalue weighted by Crippen LogP contribution is 2.28. The molecule has 2 aliphatic rings. The van der Waals surface area contributed by atoms with Crippen molar-refractivity contribution >= 4 is 23.2 Å². The molecule has 0 atom stereocenters. The molecule has 1 aliphatic carbocycles. The molecule has 1 aromatic rings. The highest BCUT2D eigenvalue weighted by molar-refractivity contribution is 7.10. The standard InChI is InChI=1S/C14H18N2O2S/c17-13(3-6-15-14(18)10-1-2-10)16-7-4-12-11(9-16)5-8-19-12/h5,8,10H,1-4,6-7,9H2,(H,15,18). The number of carbonyl (C=O) groups excluding carboxylic acids is 2. The Kier molecular flexibility index (Phi) is 3.55. The molecule has 0 unspecified atom stereocenters. The quantitative estimate of drug-likeness (QED) is 0.908. The van der Waals surface area contributed by atoms with E-state index in [1.165, 1.54) is 10.4 Å². The topological polar surface area (TPSA) is 49.4 Å². The van der Waals surface area contributed by atoms with Crippen LogP contribution in [0.2, 0.25) is 0 Å². The smallest absolute Gasteiger partial charge is 0.224 e. The number of rotatable bonds is 4. The fourth-order valence-electron chi connectivity index (χ4n) is 2.40. The molecule has 102 valence electrons. The second-order valence-electron chi connectivity index (χ2n) is 5.25. The molecule has 1 aliphatic heterocycles. The Balaban J connectivity index is 1.44. The number of hydrogen-bond donors (Lipinski definition) is 1. The van der Waals surface area contributed by atoms with E-state index in [0.29, 0.717) is 13.0 Å². The molecule has 0 bridgehead atoms. The predicted molar refractivity (Wildman–Crippen MR) is 73.8 cm³/mol. The van der Waals surface area contributed by atoms with Gasteiger partial charge in [-0.2, -0.15) is 0 Å². The van der Waals surface area contributed by atoms with Gasteiger partial charge in [0.1, 0.15) is 0 Å². The van der Waals surface area contributed by atoms with Crippen molar-refractivity contribution in [3.8, 4) is 0 Å². The van der Waals surface area contributed by atoms with E-state index in [1.54, 1.807) is 11.3 Å². The Morgan fingerprint density at radius 3 is 3.05 bits per heavy atom. The van der Waals surface area contributed by atoms with Crippen LogP contribution < -0.4 is 5.32 Å². The zero-order valence-electron chi connectivity index (χ0n) is 10.9. The summed E-state index contributed by atoms with van der Waals surface area (Å²) in [6.07, 6.45) is 3.39. The van der Waals surface area contributed by atoms with Gasteiger partial charge in [0, 0.05) is 36.9 Å². The molecule has 2 amide bonds. The van der Waals surface area contributed by atoms with Crippen LogP contribution in [0.4, 0.5) is 0 Å². The summed E-state index contributed by atoms with van der Waals surface area (Å²) in [5, 5.41) is 4.94. The SMILES string of the molecule is O=C(NCCC(=O)N1CCc2sccc2C1)C1CC1. The maximum atomic E-state index is 12.1. The molecule has 1 saturated carbocycles. The van der Waals surface area contributed by atoms with Gasteiger partial charge in [-0.1, -0.05) is 0 Å². The fraction of sp³-hybridized carbons (Fsp3) is 0.571. The molecule has 1 aromatic heterocycles. The Labute approximate surface area is 116 Å². The lowest BCUT2D eigenvalue weighted by Crippen LogP contribution is -2.37. The van der Waals surface area contributed by atoms with E-state index in [9.17, 15) is 9.59 Å². The van der Waals surface area contributed by atoms with E-state index in [2.05, 4.69) is 16.8 Å². The lowest BCUT2D eigenvalue weighted by Gasteiger charge is -2.27. The normalized spacial score (nSPS) is 18.0. The molecule has 0 spiro atoms. The van der Waals surface area contributed by atoms with E-state index in [1.807, 2.05) is 4.90 Å². The molecule has 0 saturated heterocycles. The van der Waals surface area contributed by atoms with Gasteiger partial charge in [0.25, 0.3) is 0 Å². The van der Waals surface area contributed by atoms with Crippen molar-refractivity contribution in [2.24, 2.45) is 5.92 Å². The first-order valence-corrected chi connectivity index (χ1v) is 7.73. The maximum Gasteiger partial charge on any atom is 0.224 e. The lowest BCUT2D eigenvalue weighted by atomic mass is 10.1. The number of amides is 2. The summed E-state index contributed by atoms with van der Waals surface area (Å²) in [5.74, 6) is 0.484. The minimum absolute atomic E-state index is 0.117. The van der Waals surface area contributed by atoms with Crippen molar-refractivity contribution in [2.45, 2.75) is 32.2 Å². The first kappa shape index (κ1) is 12.7. The van der Waals surface area contributed by atoms with Crippen LogP contribution >= 0.6 is 11.3 Å². The van der Waals surface area contributed by atoms with Gasteiger partial charge in [-0.25, -0.2) is 0 Å². The predicted octanol–water partition coefficient (Wildman–Crippen LogP) is 1.55. The summed E-state index contributed by atoms with van der Waals surface area (Å²) in [6.45, 7) is 2.01. The monoisotopic (exact) mass is 278 g/mol. The van der Waals surface area contributed by atoms with E-state index >= 15 is 0 Å². The van der Waals surface area contributed by atoms with Gasteiger partial charge >= 0.3 is 0 Å². The molecule has 0 aromatic carbocycles. The van der Waals surface area contributed by atoms with Gasteiger partial charge in [-0.3, -0.25) is 9.59 Å². The number of nitrogens with one attached hydrogen (secondary N) is 1. The second-order valence-corrected chi connectivity index (χ2v) is 6.25. The van der Waals surface area contributed by atoms with Crippen molar-refractivity contribution in [3.05, 3.63) is 21.9 Å². The summed E-state index contributed by atoms with van der Waals surface area (Å²) in [4.78, 5) is 26.8. The van der Waals surface area contributed by atoms with Crippen molar-refractivity contribution < 1.29 is 9.59 Å². The van der Waals surface area contributed by atoms with Crippen LogP contribution in [0, 0.1) is 5.92 Å². The third-order valence-electron chi connectivity index (χ3n) is 3.75. The van der Waals surface area contributed by atoms with Crippen LogP contribution in [-0.2, 0) is 22.6 Å². The summed E-state index contributed by atoms with van der Waals surface area (Å²) in [7, 11) is 0. The molecular weight excluding hydrogens is 260 g/mol. The summed E-state index contributed by atoms with van der Waals surface area (Å²) < 4.78 is 0. The van der Waals surface area contributed by atoms with Gasteiger partial charge < -0.3 is 10.2 Å². The lowest BCUT2D eigenvalue weighted by molar-refractivity contribution is -0.132. The first-order valence-electron chi connectivity index (χ1n) is 6.85. The molecule has 1 N–H and O–H groups in total. The van der Waals surface area contributed by atoms with Crippen molar-refractivity contribution in [1.82, 2.24) is 10.2 Å². The number of carbonyl (C=O) groups is 2. The van der Waals surface area contributed by atoms with Gasteiger partial charge in [0.2, 0.25) is 11.8 Å². The highest BCUT2D eigenvalue weighted by atomic mass is 32.1. The number of fused-ring (bicyclic) bond motifs is 1. The molecule has 4 nitrogen and oxygen atoms in total. The highest BCUT2D eigenvalue weighted by Gasteiger charge is 2.29. The van der Waals surface area contributed by atoms with Gasteiger partial charge in [0.05, 0.1) is 0 Å². The number of hydrogen-bond acceptors (Lipinski definition) is 3. The molecular formula is C14H18N2O2S. The fourth-order valence-corrected chi connectivity index (χ4v) is 3.29. The van der Waals surface area contributed by atoms with Crippen molar-refractivity contribution in [2.75, 3.05) is 13.1 Å². The van der Waals surface area contributed by atoms with E-state index < -0.39 is 0 Å².